The molecule has 4 rings (SSSR count). The molecule has 0 radical (unpaired) electrons. The van der Waals surface area contributed by atoms with Crippen LogP contribution in [0.25, 0.3) is 22.6 Å². The van der Waals surface area contributed by atoms with Crippen LogP contribution in [0.4, 0.5) is 5.95 Å². The van der Waals surface area contributed by atoms with E-state index >= 15 is 0 Å². The number of aryl methyl sites for hydroxylation is 1. The van der Waals surface area contributed by atoms with Crippen molar-refractivity contribution in [3.63, 3.8) is 0 Å². The minimum absolute atomic E-state index is 0.000823. The molecule has 8 nitrogen and oxygen atoms in total. The zero-order valence-electron chi connectivity index (χ0n) is 14.4. The number of rotatable bonds is 4. The predicted octanol–water partition coefficient (Wildman–Crippen LogP) is 2.66. The molecule has 0 bridgehead atoms. The van der Waals surface area contributed by atoms with Crippen LogP contribution in [0.5, 0.6) is 0 Å². The molecule has 0 saturated heterocycles. The Morgan fingerprint density at radius 1 is 1.00 bits per heavy atom. The SMILES string of the molecule is CC(c1ccc(-c2cnc(N)nc2)cc1)c1noc(-c2cnn(C)c2)n1. The van der Waals surface area contributed by atoms with Gasteiger partial charge in [0.05, 0.1) is 11.8 Å². The van der Waals surface area contributed by atoms with Crippen molar-refractivity contribution >= 4 is 5.95 Å². The Hall–Kier alpha value is -3.55. The van der Waals surface area contributed by atoms with Crippen molar-refractivity contribution in [2.24, 2.45) is 7.05 Å². The van der Waals surface area contributed by atoms with Crippen LogP contribution in [0.1, 0.15) is 24.2 Å². The highest BCUT2D eigenvalue weighted by molar-refractivity contribution is 5.62. The summed E-state index contributed by atoms with van der Waals surface area (Å²) in [6.07, 6.45) is 6.96. The van der Waals surface area contributed by atoms with Crippen LogP contribution in [0.2, 0.25) is 0 Å². The number of anilines is 1. The van der Waals surface area contributed by atoms with E-state index in [1.807, 2.05) is 44.4 Å². The molecule has 2 N–H and O–H groups in total. The molecule has 0 spiro atoms. The maximum atomic E-state index is 5.53. The van der Waals surface area contributed by atoms with E-state index in [2.05, 4.69) is 25.2 Å². The van der Waals surface area contributed by atoms with Crippen molar-refractivity contribution in [2.45, 2.75) is 12.8 Å². The van der Waals surface area contributed by atoms with Gasteiger partial charge in [-0.2, -0.15) is 10.1 Å². The lowest BCUT2D eigenvalue weighted by Gasteiger charge is -2.08. The molecule has 1 aromatic carbocycles. The normalized spacial score (nSPS) is 12.2. The van der Waals surface area contributed by atoms with Crippen molar-refractivity contribution in [3.8, 4) is 22.6 Å². The lowest BCUT2D eigenvalue weighted by molar-refractivity contribution is 0.420. The summed E-state index contributed by atoms with van der Waals surface area (Å²) in [6.45, 7) is 2.04. The van der Waals surface area contributed by atoms with Crippen LogP contribution in [0.15, 0.2) is 53.6 Å². The average molecular weight is 347 g/mol. The van der Waals surface area contributed by atoms with Gasteiger partial charge in [0.2, 0.25) is 5.95 Å². The second kappa shape index (κ2) is 6.40. The second-order valence-corrected chi connectivity index (χ2v) is 6.03. The Kier molecular flexibility index (Phi) is 3.92. The van der Waals surface area contributed by atoms with Crippen molar-refractivity contribution in [1.29, 1.82) is 0 Å². The molecule has 0 aliphatic heterocycles. The van der Waals surface area contributed by atoms with Gasteiger partial charge in [0.1, 0.15) is 0 Å². The fourth-order valence-corrected chi connectivity index (χ4v) is 2.66. The molecule has 3 aromatic heterocycles. The first-order chi connectivity index (χ1) is 12.6. The second-order valence-electron chi connectivity index (χ2n) is 6.03. The van der Waals surface area contributed by atoms with Crippen LogP contribution in [-0.4, -0.2) is 29.9 Å². The van der Waals surface area contributed by atoms with E-state index in [4.69, 9.17) is 10.3 Å². The number of nitrogens with zero attached hydrogens (tertiary/aromatic N) is 6. The van der Waals surface area contributed by atoms with Gasteiger partial charge in [-0.3, -0.25) is 4.68 Å². The minimum Gasteiger partial charge on any atom is -0.368 e. The number of nitrogens with two attached hydrogens (primary N) is 1. The molecule has 8 heteroatoms. The van der Waals surface area contributed by atoms with Gasteiger partial charge in [-0.25, -0.2) is 9.97 Å². The van der Waals surface area contributed by atoms with Crippen molar-refractivity contribution in [3.05, 3.63) is 60.4 Å². The number of hydrogen-bond donors (Lipinski definition) is 1. The number of hydrogen-bond acceptors (Lipinski definition) is 7. The number of nitrogen functional groups attached to an aromatic ring is 1. The molecular formula is C18H17N7O. The predicted molar refractivity (Wildman–Crippen MR) is 95.9 cm³/mol. The molecule has 0 saturated carbocycles. The third-order valence-corrected chi connectivity index (χ3v) is 4.20. The molecule has 0 fully saturated rings. The van der Waals surface area contributed by atoms with E-state index in [1.165, 1.54) is 0 Å². The first-order valence-electron chi connectivity index (χ1n) is 8.10. The van der Waals surface area contributed by atoms with Gasteiger partial charge in [0, 0.05) is 37.1 Å². The first kappa shape index (κ1) is 15.9. The molecule has 0 aliphatic carbocycles. The number of aromatic nitrogens is 6. The summed E-state index contributed by atoms with van der Waals surface area (Å²) in [6, 6.07) is 8.11. The van der Waals surface area contributed by atoms with Crippen LogP contribution in [0.3, 0.4) is 0 Å². The smallest absolute Gasteiger partial charge is 0.261 e. The quantitative estimate of drug-likeness (QED) is 0.604. The summed E-state index contributed by atoms with van der Waals surface area (Å²) in [7, 11) is 1.84. The maximum absolute atomic E-state index is 5.53. The Balaban J connectivity index is 1.56. The Labute approximate surface area is 149 Å². The van der Waals surface area contributed by atoms with Crippen molar-refractivity contribution in [2.75, 3.05) is 5.73 Å². The highest BCUT2D eigenvalue weighted by atomic mass is 16.5. The standard InChI is InChI=1S/C18H17N7O/c1-11(16-23-17(26-24-16)15-9-22-25(2)10-15)12-3-5-13(6-4-12)14-7-20-18(19)21-8-14/h3-11H,1-2H3,(H2,19,20,21). The highest BCUT2D eigenvalue weighted by Gasteiger charge is 2.17. The molecule has 1 atom stereocenters. The molecule has 26 heavy (non-hydrogen) atoms. The Bertz CT molecular complexity index is 1020. The molecule has 0 aliphatic rings. The summed E-state index contributed by atoms with van der Waals surface area (Å²) >= 11 is 0. The molecule has 1 unspecified atom stereocenters. The monoisotopic (exact) mass is 347 g/mol. The van der Waals surface area contributed by atoms with Gasteiger partial charge >= 0.3 is 0 Å². The van der Waals surface area contributed by atoms with Gasteiger partial charge in [-0.05, 0) is 11.1 Å². The van der Waals surface area contributed by atoms with Crippen LogP contribution < -0.4 is 5.73 Å². The fraction of sp³-hybridized carbons (Fsp3) is 0.167. The summed E-state index contributed by atoms with van der Waals surface area (Å²) in [5.41, 5.74) is 9.35. The van der Waals surface area contributed by atoms with Gasteiger partial charge in [-0.1, -0.05) is 36.3 Å². The summed E-state index contributed by atoms with van der Waals surface area (Å²) in [4.78, 5) is 12.5. The first-order valence-corrected chi connectivity index (χ1v) is 8.10. The zero-order valence-corrected chi connectivity index (χ0v) is 14.4. The molecule has 3 heterocycles. The van der Waals surface area contributed by atoms with Gasteiger partial charge in [0.25, 0.3) is 5.89 Å². The summed E-state index contributed by atoms with van der Waals surface area (Å²) < 4.78 is 7.06. The number of benzene rings is 1. The third-order valence-electron chi connectivity index (χ3n) is 4.20. The molecule has 0 amide bonds. The van der Waals surface area contributed by atoms with Crippen LogP contribution in [-0.2, 0) is 7.05 Å². The van der Waals surface area contributed by atoms with Crippen molar-refractivity contribution < 1.29 is 4.52 Å². The maximum Gasteiger partial charge on any atom is 0.261 e. The van der Waals surface area contributed by atoms with Crippen LogP contribution >= 0.6 is 0 Å². The molecular weight excluding hydrogens is 330 g/mol. The Morgan fingerprint density at radius 2 is 1.73 bits per heavy atom. The molecule has 4 aromatic rings. The van der Waals surface area contributed by atoms with Crippen LogP contribution in [0, 0.1) is 0 Å². The van der Waals surface area contributed by atoms with E-state index in [-0.39, 0.29) is 11.9 Å². The molecule has 130 valence electrons. The lowest BCUT2D eigenvalue weighted by atomic mass is 9.98. The lowest BCUT2D eigenvalue weighted by Crippen LogP contribution is -1.98. The van der Waals surface area contributed by atoms with Gasteiger partial charge < -0.3 is 10.3 Å². The van der Waals surface area contributed by atoms with E-state index in [9.17, 15) is 0 Å². The fourth-order valence-electron chi connectivity index (χ4n) is 2.66. The van der Waals surface area contributed by atoms with E-state index in [1.54, 1.807) is 23.3 Å². The highest BCUT2D eigenvalue weighted by Crippen LogP contribution is 2.27. The largest absolute Gasteiger partial charge is 0.368 e. The van der Waals surface area contributed by atoms with E-state index in [0.717, 1.165) is 22.3 Å². The average Bonchev–Trinajstić information content (AvgIpc) is 3.31. The van der Waals surface area contributed by atoms with E-state index in [0.29, 0.717) is 11.7 Å². The summed E-state index contributed by atoms with van der Waals surface area (Å²) in [5.74, 6) is 1.37. The Morgan fingerprint density at radius 3 is 2.38 bits per heavy atom. The third kappa shape index (κ3) is 3.04. The minimum atomic E-state index is 0.000823. The van der Waals surface area contributed by atoms with E-state index < -0.39 is 0 Å². The zero-order chi connectivity index (χ0) is 18.1. The van der Waals surface area contributed by atoms with Crippen molar-refractivity contribution in [1.82, 2.24) is 29.9 Å². The topological polar surface area (TPSA) is 109 Å². The van der Waals surface area contributed by atoms with Gasteiger partial charge in [-0.15, -0.1) is 0 Å². The summed E-state index contributed by atoms with van der Waals surface area (Å²) in [5, 5.41) is 8.23. The van der Waals surface area contributed by atoms with Gasteiger partial charge in [0.15, 0.2) is 5.82 Å².